The summed E-state index contributed by atoms with van der Waals surface area (Å²) in [6, 6.07) is 0.200. The van der Waals surface area contributed by atoms with Crippen molar-refractivity contribution in [1.29, 1.82) is 0 Å². The van der Waals surface area contributed by atoms with Crippen LogP contribution in [0.25, 0.3) is 0 Å². The van der Waals surface area contributed by atoms with Gasteiger partial charge in [-0.05, 0) is 27.7 Å². The van der Waals surface area contributed by atoms with E-state index in [0.717, 1.165) is 0 Å². The second-order valence-corrected chi connectivity index (χ2v) is 4.82. The minimum atomic E-state index is -0.700. The van der Waals surface area contributed by atoms with Crippen LogP contribution < -0.4 is 0 Å². The highest BCUT2D eigenvalue weighted by molar-refractivity contribution is 5.91. The predicted octanol–water partition coefficient (Wildman–Crippen LogP) is 0.864. The van der Waals surface area contributed by atoms with Crippen molar-refractivity contribution >= 4 is 11.8 Å². The molecule has 1 aliphatic heterocycles. The van der Waals surface area contributed by atoms with E-state index in [1.165, 1.54) is 6.92 Å². The summed E-state index contributed by atoms with van der Waals surface area (Å²) >= 11 is 0. The summed E-state index contributed by atoms with van der Waals surface area (Å²) in [5, 5.41) is 0. The maximum absolute atomic E-state index is 12.1. The molecule has 0 N–H and O–H groups in total. The lowest BCUT2D eigenvalue weighted by Gasteiger charge is -2.46. The Bertz CT molecular complexity index is 284. The van der Waals surface area contributed by atoms with Gasteiger partial charge in [-0.3, -0.25) is 9.59 Å². The third-order valence-corrected chi connectivity index (χ3v) is 3.03. The normalized spacial score (nSPS) is 21.1. The molecular formula is C11H20N2O2. The molecule has 4 heteroatoms. The van der Waals surface area contributed by atoms with E-state index in [2.05, 4.69) is 0 Å². The highest BCUT2D eigenvalue weighted by Gasteiger charge is 2.43. The van der Waals surface area contributed by atoms with Gasteiger partial charge in [-0.2, -0.15) is 0 Å². The van der Waals surface area contributed by atoms with Crippen molar-refractivity contribution in [1.82, 2.24) is 9.80 Å². The lowest BCUT2D eigenvalue weighted by molar-refractivity contribution is -0.159. The van der Waals surface area contributed by atoms with Crippen LogP contribution in [0.2, 0.25) is 0 Å². The Hall–Kier alpha value is -1.06. The van der Waals surface area contributed by atoms with E-state index in [4.69, 9.17) is 0 Å². The lowest BCUT2D eigenvalue weighted by atomic mass is 9.96. The van der Waals surface area contributed by atoms with E-state index in [1.54, 1.807) is 4.90 Å². The smallest absolute Gasteiger partial charge is 0.248 e. The summed E-state index contributed by atoms with van der Waals surface area (Å²) in [7, 11) is 0. The van der Waals surface area contributed by atoms with Crippen LogP contribution in [-0.4, -0.2) is 46.3 Å². The molecule has 1 fully saturated rings. The number of piperazine rings is 1. The molecule has 0 aliphatic carbocycles. The summed E-state index contributed by atoms with van der Waals surface area (Å²) in [4.78, 5) is 27.0. The third-order valence-electron chi connectivity index (χ3n) is 3.03. The monoisotopic (exact) mass is 212 g/mol. The lowest BCUT2D eigenvalue weighted by Crippen LogP contribution is -2.65. The fraction of sp³-hybridized carbons (Fsp3) is 0.818. The zero-order valence-corrected chi connectivity index (χ0v) is 10.2. The van der Waals surface area contributed by atoms with Crippen LogP contribution >= 0.6 is 0 Å². The molecule has 86 valence electrons. The average Bonchev–Trinajstić information content (AvgIpc) is 2.07. The van der Waals surface area contributed by atoms with E-state index < -0.39 is 5.54 Å². The number of rotatable bonds is 1. The molecule has 0 spiro atoms. The molecule has 0 bridgehead atoms. The van der Waals surface area contributed by atoms with Gasteiger partial charge in [-0.25, -0.2) is 0 Å². The maximum Gasteiger partial charge on any atom is 0.248 e. The molecule has 0 aromatic carbocycles. The van der Waals surface area contributed by atoms with Crippen molar-refractivity contribution in [2.24, 2.45) is 0 Å². The van der Waals surface area contributed by atoms with Crippen LogP contribution in [0, 0.1) is 0 Å². The Morgan fingerprint density at radius 2 is 1.87 bits per heavy atom. The van der Waals surface area contributed by atoms with Gasteiger partial charge in [0, 0.05) is 26.1 Å². The molecule has 1 aliphatic rings. The third kappa shape index (κ3) is 1.98. The van der Waals surface area contributed by atoms with Crippen LogP contribution in [0.4, 0.5) is 0 Å². The second kappa shape index (κ2) is 3.83. The van der Waals surface area contributed by atoms with Crippen LogP contribution in [0.15, 0.2) is 0 Å². The minimum Gasteiger partial charge on any atom is -0.336 e. The SMILES string of the molecule is CC(=O)N1CCN(C(C)C)C(=O)C1(C)C. The first-order valence-corrected chi connectivity index (χ1v) is 5.37. The molecule has 0 aromatic rings. The number of hydrogen-bond donors (Lipinski definition) is 0. The van der Waals surface area contributed by atoms with Crippen LogP contribution in [-0.2, 0) is 9.59 Å². The van der Waals surface area contributed by atoms with Gasteiger partial charge in [-0.1, -0.05) is 0 Å². The van der Waals surface area contributed by atoms with Crippen LogP contribution in [0.3, 0.4) is 0 Å². The fourth-order valence-corrected chi connectivity index (χ4v) is 2.10. The molecule has 0 saturated carbocycles. The van der Waals surface area contributed by atoms with Crippen molar-refractivity contribution in [3.63, 3.8) is 0 Å². The number of hydrogen-bond acceptors (Lipinski definition) is 2. The molecule has 0 atom stereocenters. The largest absolute Gasteiger partial charge is 0.336 e. The average molecular weight is 212 g/mol. The van der Waals surface area contributed by atoms with E-state index in [1.807, 2.05) is 32.6 Å². The van der Waals surface area contributed by atoms with Gasteiger partial charge in [0.25, 0.3) is 0 Å². The quantitative estimate of drug-likeness (QED) is 0.647. The molecule has 2 amide bonds. The molecule has 0 unspecified atom stereocenters. The van der Waals surface area contributed by atoms with Gasteiger partial charge in [0.2, 0.25) is 11.8 Å². The van der Waals surface area contributed by atoms with Gasteiger partial charge in [0.15, 0.2) is 0 Å². The molecule has 4 nitrogen and oxygen atoms in total. The zero-order chi connectivity index (χ0) is 11.8. The van der Waals surface area contributed by atoms with Crippen molar-refractivity contribution in [3.8, 4) is 0 Å². The van der Waals surface area contributed by atoms with Crippen molar-refractivity contribution < 1.29 is 9.59 Å². The molecule has 1 heterocycles. The molecular weight excluding hydrogens is 192 g/mol. The number of amides is 2. The van der Waals surface area contributed by atoms with E-state index >= 15 is 0 Å². The van der Waals surface area contributed by atoms with Gasteiger partial charge < -0.3 is 9.80 Å². The van der Waals surface area contributed by atoms with Gasteiger partial charge in [0.05, 0.1) is 0 Å². The van der Waals surface area contributed by atoms with E-state index in [0.29, 0.717) is 13.1 Å². The molecule has 1 saturated heterocycles. The standard InChI is InChI=1S/C11H20N2O2/c1-8(2)12-6-7-13(9(3)14)11(4,5)10(12)15/h8H,6-7H2,1-5H3. The molecule has 0 radical (unpaired) electrons. The van der Waals surface area contributed by atoms with Gasteiger partial charge in [0.1, 0.15) is 5.54 Å². The van der Waals surface area contributed by atoms with E-state index in [-0.39, 0.29) is 17.9 Å². The maximum atomic E-state index is 12.1. The molecule has 1 rings (SSSR count). The van der Waals surface area contributed by atoms with Crippen LogP contribution in [0.5, 0.6) is 0 Å². The predicted molar refractivity (Wildman–Crippen MR) is 58.3 cm³/mol. The van der Waals surface area contributed by atoms with Crippen molar-refractivity contribution in [3.05, 3.63) is 0 Å². The summed E-state index contributed by atoms with van der Waals surface area (Å²) in [5.74, 6) is 0.00991. The number of nitrogens with zero attached hydrogens (tertiary/aromatic N) is 2. The van der Waals surface area contributed by atoms with Gasteiger partial charge >= 0.3 is 0 Å². The highest BCUT2D eigenvalue weighted by atomic mass is 16.2. The van der Waals surface area contributed by atoms with Gasteiger partial charge in [-0.15, -0.1) is 0 Å². The van der Waals surface area contributed by atoms with E-state index in [9.17, 15) is 9.59 Å². The topological polar surface area (TPSA) is 40.6 Å². The Morgan fingerprint density at radius 1 is 1.33 bits per heavy atom. The molecule has 15 heavy (non-hydrogen) atoms. The Labute approximate surface area is 91.2 Å². The highest BCUT2D eigenvalue weighted by Crippen LogP contribution is 2.23. The zero-order valence-electron chi connectivity index (χ0n) is 10.2. The van der Waals surface area contributed by atoms with Crippen molar-refractivity contribution in [2.45, 2.75) is 46.2 Å². The van der Waals surface area contributed by atoms with Crippen molar-refractivity contribution in [2.75, 3.05) is 13.1 Å². The molecule has 0 aromatic heterocycles. The summed E-state index contributed by atoms with van der Waals surface area (Å²) < 4.78 is 0. The fourth-order valence-electron chi connectivity index (χ4n) is 2.10. The first-order chi connectivity index (χ1) is 6.78. The summed E-state index contributed by atoms with van der Waals surface area (Å²) in [6.07, 6.45) is 0. The number of carbonyl (C=O) groups excluding carboxylic acids is 2. The number of carbonyl (C=O) groups is 2. The first kappa shape index (κ1) is 12.0. The second-order valence-electron chi connectivity index (χ2n) is 4.82. The Kier molecular flexibility index (Phi) is 3.07. The summed E-state index contributed by atoms with van der Waals surface area (Å²) in [5.41, 5.74) is -0.700. The first-order valence-electron chi connectivity index (χ1n) is 5.37. The Morgan fingerprint density at radius 3 is 2.27 bits per heavy atom. The minimum absolute atomic E-state index is 0.0308. The van der Waals surface area contributed by atoms with Crippen LogP contribution in [0.1, 0.15) is 34.6 Å². The summed E-state index contributed by atoms with van der Waals surface area (Å²) in [6.45, 7) is 10.4. The Balaban J connectivity index is 2.93.